The molecule has 1 saturated heterocycles. The van der Waals surface area contributed by atoms with E-state index in [9.17, 15) is 5.11 Å². The Morgan fingerprint density at radius 2 is 2.50 bits per heavy atom. The molecule has 2 rings (SSSR count). The monoisotopic (exact) mass is 219 g/mol. The molecular weight excluding hydrogens is 206 g/mol. The van der Waals surface area contributed by atoms with Crippen LogP contribution in [0.1, 0.15) is 5.69 Å². The van der Waals surface area contributed by atoms with Gasteiger partial charge in [0.25, 0.3) is 0 Å². The summed E-state index contributed by atoms with van der Waals surface area (Å²) in [4.78, 5) is 6.07. The second-order valence-electron chi connectivity index (χ2n) is 3.62. The van der Waals surface area contributed by atoms with Crippen LogP contribution in [0, 0.1) is 11.3 Å². The molecule has 1 aromatic rings. The zero-order valence-electron chi connectivity index (χ0n) is 8.83. The van der Waals surface area contributed by atoms with Crippen molar-refractivity contribution in [3.63, 3.8) is 0 Å². The fourth-order valence-electron chi connectivity index (χ4n) is 1.77. The first-order valence-corrected chi connectivity index (χ1v) is 5.16. The van der Waals surface area contributed by atoms with Gasteiger partial charge in [0.1, 0.15) is 11.8 Å². The van der Waals surface area contributed by atoms with Gasteiger partial charge in [-0.05, 0) is 12.1 Å². The van der Waals surface area contributed by atoms with Gasteiger partial charge in [-0.25, -0.2) is 4.98 Å². The molecule has 1 unspecified atom stereocenters. The number of aromatic nitrogens is 1. The van der Waals surface area contributed by atoms with Gasteiger partial charge in [0.2, 0.25) is 0 Å². The van der Waals surface area contributed by atoms with E-state index in [4.69, 9.17) is 10.00 Å². The summed E-state index contributed by atoms with van der Waals surface area (Å²) in [7, 11) is 0. The van der Waals surface area contributed by atoms with E-state index in [1.165, 1.54) is 0 Å². The number of ether oxygens (including phenoxy) is 1. The predicted octanol–water partition coefficient (Wildman–Crippen LogP) is 0.151. The molecule has 1 aromatic heterocycles. The average Bonchev–Trinajstić information content (AvgIpc) is 2.39. The molecule has 84 valence electrons. The first-order chi connectivity index (χ1) is 7.85. The highest BCUT2D eigenvalue weighted by molar-refractivity contribution is 5.47. The highest BCUT2D eigenvalue weighted by Gasteiger charge is 2.22. The van der Waals surface area contributed by atoms with Crippen LogP contribution in [0.15, 0.2) is 18.3 Å². The lowest BCUT2D eigenvalue weighted by Crippen LogP contribution is -2.47. The van der Waals surface area contributed by atoms with Gasteiger partial charge < -0.3 is 14.7 Å². The second kappa shape index (κ2) is 4.92. The summed E-state index contributed by atoms with van der Waals surface area (Å²) >= 11 is 0. The Balaban J connectivity index is 2.18. The summed E-state index contributed by atoms with van der Waals surface area (Å²) in [6.07, 6.45) is 1.66. The van der Waals surface area contributed by atoms with Crippen molar-refractivity contribution in [1.29, 1.82) is 5.26 Å². The van der Waals surface area contributed by atoms with Crippen molar-refractivity contribution in [2.45, 2.75) is 6.04 Å². The van der Waals surface area contributed by atoms with E-state index in [0.29, 0.717) is 18.9 Å². The minimum Gasteiger partial charge on any atom is -0.394 e. The number of hydrogen-bond donors (Lipinski definition) is 1. The van der Waals surface area contributed by atoms with Crippen LogP contribution >= 0.6 is 0 Å². The van der Waals surface area contributed by atoms with Crippen molar-refractivity contribution >= 4 is 5.69 Å². The van der Waals surface area contributed by atoms with Gasteiger partial charge in [-0.1, -0.05) is 0 Å². The van der Waals surface area contributed by atoms with Crippen molar-refractivity contribution in [3.05, 3.63) is 24.0 Å². The number of aliphatic hydroxyl groups excluding tert-OH is 1. The smallest absolute Gasteiger partial charge is 0.140 e. The Kier molecular flexibility index (Phi) is 3.34. The molecule has 0 bridgehead atoms. The maximum absolute atomic E-state index is 9.23. The number of hydrogen-bond acceptors (Lipinski definition) is 5. The van der Waals surface area contributed by atoms with Crippen molar-refractivity contribution in [1.82, 2.24) is 4.98 Å². The van der Waals surface area contributed by atoms with Gasteiger partial charge in [0.15, 0.2) is 0 Å². The van der Waals surface area contributed by atoms with Crippen LogP contribution in [0.4, 0.5) is 5.69 Å². The molecule has 0 aliphatic carbocycles. The molecule has 5 nitrogen and oxygen atoms in total. The summed E-state index contributed by atoms with van der Waals surface area (Å²) in [6, 6.07) is 5.48. The average molecular weight is 219 g/mol. The molecule has 5 heteroatoms. The topological polar surface area (TPSA) is 69.4 Å². The summed E-state index contributed by atoms with van der Waals surface area (Å²) in [5.41, 5.74) is 1.32. The van der Waals surface area contributed by atoms with E-state index in [0.717, 1.165) is 12.2 Å². The summed E-state index contributed by atoms with van der Waals surface area (Å²) in [5, 5.41) is 17.9. The Morgan fingerprint density at radius 3 is 3.12 bits per heavy atom. The summed E-state index contributed by atoms with van der Waals surface area (Å²) < 4.78 is 5.30. The number of rotatable bonds is 2. The lowest BCUT2D eigenvalue weighted by Gasteiger charge is -2.36. The van der Waals surface area contributed by atoms with Crippen molar-refractivity contribution < 1.29 is 9.84 Å². The Bertz CT molecular complexity index is 385. The van der Waals surface area contributed by atoms with Crippen LogP contribution in [0.3, 0.4) is 0 Å². The fraction of sp³-hybridized carbons (Fsp3) is 0.455. The quantitative estimate of drug-likeness (QED) is 0.766. The summed E-state index contributed by atoms with van der Waals surface area (Å²) in [5.74, 6) is 0. The number of pyridine rings is 1. The van der Waals surface area contributed by atoms with Gasteiger partial charge in [-0.3, -0.25) is 0 Å². The molecule has 1 N–H and O–H groups in total. The van der Waals surface area contributed by atoms with Crippen LogP contribution in [0.2, 0.25) is 0 Å². The molecule has 2 heterocycles. The van der Waals surface area contributed by atoms with Gasteiger partial charge in [-0.15, -0.1) is 0 Å². The number of morpholine rings is 1. The molecule has 0 saturated carbocycles. The van der Waals surface area contributed by atoms with Gasteiger partial charge in [-0.2, -0.15) is 5.26 Å². The molecule has 0 spiro atoms. The van der Waals surface area contributed by atoms with Crippen LogP contribution in [0.5, 0.6) is 0 Å². The van der Waals surface area contributed by atoms with Gasteiger partial charge in [0, 0.05) is 6.54 Å². The van der Waals surface area contributed by atoms with E-state index < -0.39 is 0 Å². The highest BCUT2D eigenvalue weighted by Crippen LogP contribution is 2.18. The zero-order chi connectivity index (χ0) is 11.4. The first kappa shape index (κ1) is 10.9. The predicted molar refractivity (Wildman–Crippen MR) is 58.0 cm³/mol. The Hall–Kier alpha value is -1.64. The van der Waals surface area contributed by atoms with Crippen molar-refractivity contribution in [2.75, 3.05) is 31.3 Å². The molecule has 0 amide bonds. The van der Waals surface area contributed by atoms with E-state index in [2.05, 4.69) is 9.88 Å². The third-order valence-electron chi connectivity index (χ3n) is 2.63. The van der Waals surface area contributed by atoms with Gasteiger partial charge >= 0.3 is 0 Å². The largest absolute Gasteiger partial charge is 0.394 e. The van der Waals surface area contributed by atoms with Crippen LogP contribution in [-0.4, -0.2) is 42.5 Å². The third-order valence-corrected chi connectivity index (χ3v) is 2.63. The highest BCUT2D eigenvalue weighted by atomic mass is 16.5. The summed E-state index contributed by atoms with van der Waals surface area (Å²) in [6.45, 7) is 1.96. The molecular formula is C11H13N3O2. The minimum atomic E-state index is -0.0246. The van der Waals surface area contributed by atoms with Gasteiger partial charge in [0.05, 0.1) is 37.7 Å². The molecule has 16 heavy (non-hydrogen) atoms. The zero-order valence-corrected chi connectivity index (χ0v) is 8.83. The number of nitrogens with zero attached hydrogens (tertiary/aromatic N) is 3. The third kappa shape index (κ3) is 2.13. The second-order valence-corrected chi connectivity index (χ2v) is 3.62. The number of nitriles is 1. The minimum absolute atomic E-state index is 0.0246. The maximum Gasteiger partial charge on any atom is 0.140 e. The lowest BCUT2D eigenvalue weighted by molar-refractivity contribution is 0.0727. The van der Waals surface area contributed by atoms with E-state index in [1.54, 1.807) is 12.3 Å². The van der Waals surface area contributed by atoms with E-state index in [-0.39, 0.29) is 12.6 Å². The van der Waals surface area contributed by atoms with Crippen molar-refractivity contribution in [3.8, 4) is 6.07 Å². The molecule has 0 aromatic carbocycles. The Labute approximate surface area is 93.9 Å². The number of anilines is 1. The van der Waals surface area contributed by atoms with Crippen LogP contribution < -0.4 is 4.90 Å². The number of aliphatic hydroxyl groups is 1. The fourth-order valence-corrected chi connectivity index (χ4v) is 1.77. The molecule has 1 atom stereocenters. The van der Waals surface area contributed by atoms with Crippen molar-refractivity contribution in [2.24, 2.45) is 0 Å². The normalized spacial score (nSPS) is 20.5. The maximum atomic E-state index is 9.23. The van der Waals surface area contributed by atoms with E-state index >= 15 is 0 Å². The standard InChI is InChI=1S/C11H13N3O2/c12-5-9-1-2-10(6-13-9)14-3-4-16-8-11(14)7-15/h1-2,6,11,15H,3-4,7-8H2. The molecule has 1 aliphatic rings. The lowest BCUT2D eigenvalue weighted by atomic mass is 10.2. The molecule has 1 fully saturated rings. The SMILES string of the molecule is N#Cc1ccc(N2CCOCC2CO)cn1. The first-order valence-electron chi connectivity index (χ1n) is 5.16. The Morgan fingerprint density at radius 1 is 1.62 bits per heavy atom. The van der Waals surface area contributed by atoms with Crippen LogP contribution in [-0.2, 0) is 4.74 Å². The van der Waals surface area contributed by atoms with Crippen LogP contribution in [0.25, 0.3) is 0 Å². The van der Waals surface area contributed by atoms with E-state index in [1.807, 2.05) is 12.1 Å². The molecule has 0 radical (unpaired) electrons. The molecule has 1 aliphatic heterocycles.